The highest BCUT2D eigenvalue weighted by Gasteiger charge is 2.25. The highest BCUT2D eigenvalue weighted by Crippen LogP contribution is 2.26. The molecule has 1 N–H and O–H groups in total. The molecule has 3 nitrogen and oxygen atoms in total. The summed E-state index contributed by atoms with van der Waals surface area (Å²) >= 11 is 5.85. The maximum absolute atomic E-state index is 12.9. The number of amides is 1. The SMILES string of the molecule is Cl.O=C1N[C@H](c2cc(F)ccc2Cl)CO1. The Hall–Kier alpha value is -1.000. The first-order valence-corrected chi connectivity index (χ1v) is 4.43. The van der Waals surface area contributed by atoms with Crippen LogP contribution in [0.15, 0.2) is 18.2 Å². The minimum Gasteiger partial charge on any atom is -0.447 e. The summed E-state index contributed by atoms with van der Waals surface area (Å²) in [6.07, 6.45) is -0.504. The molecule has 1 atom stereocenters. The van der Waals surface area contributed by atoms with Crippen molar-refractivity contribution in [1.82, 2.24) is 5.32 Å². The van der Waals surface area contributed by atoms with Gasteiger partial charge in [0.25, 0.3) is 0 Å². The number of carbonyl (C=O) groups excluding carboxylic acids is 1. The zero-order valence-electron chi connectivity index (χ0n) is 7.50. The first-order valence-electron chi connectivity index (χ1n) is 4.05. The molecule has 15 heavy (non-hydrogen) atoms. The second kappa shape index (κ2) is 4.68. The van der Waals surface area contributed by atoms with Gasteiger partial charge in [-0.15, -0.1) is 12.4 Å². The van der Waals surface area contributed by atoms with E-state index in [1.165, 1.54) is 18.2 Å². The van der Waals surface area contributed by atoms with Crippen molar-refractivity contribution < 1.29 is 13.9 Å². The molecule has 1 aromatic rings. The standard InChI is InChI=1S/C9H7ClFNO2.ClH/c10-7-2-1-5(11)3-6(7)8-4-14-9(13)12-8;/h1-3,8H,4H2,(H,12,13);1H/t8-;/m0./s1. The van der Waals surface area contributed by atoms with Gasteiger partial charge in [-0.05, 0) is 23.8 Å². The lowest BCUT2D eigenvalue weighted by Crippen LogP contribution is -2.18. The Morgan fingerprint density at radius 3 is 2.87 bits per heavy atom. The smallest absolute Gasteiger partial charge is 0.407 e. The Labute approximate surface area is 97.0 Å². The molecule has 0 aliphatic carbocycles. The molecule has 0 bridgehead atoms. The number of hydrogen-bond donors (Lipinski definition) is 1. The van der Waals surface area contributed by atoms with Crippen molar-refractivity contribution in [3.63, 3.8) is 0 Å². The van der Waals surface area contributed by atoms with Gasteiger partial charge in [0.2, 0.25) is 0 Å². The minimum atomic E-state index is -0.504. The van der Waals surface area contributed by atoms with Crippen LogP contribution in [0.3, 0.4) is 0 Å². The molecule has 2 rings (SSSR count). The van der Waals surface area contributed by atoms with Crippen LogP contribution in [0.2, 0.25) is 5.02 Å². The Bertz CT molecular complexity index is 386. The first kappa shape index (κ1) is 12.1. The first-order chi connectivity index (χ1) is 6.66. The van der Waals surface area contributed by atoms with Gasteiger partial charge in [0.15, 0.2) is 0 Å². The third-order valence-electron chi connectivity index (χ3n) is 2.01. The largest absolute Gasteiger partial charge is 0.447 e. The van der Waals surface area contributed by atoms with Crippen molar-refractivity contribution in [3.05, 3.63) is 34.6 Å². The van der Waals surface area contributed by atoms with E-state index in [0.717, 1.165) is 0 Å². The van der Waals surface area contributed by atoms with Crippen LogP contribution >= 0.6 is 24.0 Å². The van der Waals surface area contributed by atoms with E-state index >= 15 is 0 Å². The van der Waals surface area contributed by atoms with E-state index in [9.17, 15) is 9.18 Å². The summed E-state index contributed by atoms with van der Waals surface area (Å²) in [4.78, 5) is 10.8. The number of benzene rings is 1. The van der Waals surface area contributed by atoms with Crippen molar-refractivity contribution in [3.8, 4) is 0 Å². The maximum atomic E-state index is 12.9. The van der Waals surface area contributed by atoms with Crippen LogP contribution in [-0.4, -0.2) is 12.7 Å². The number of nitrogens with one attached hydrogen (secondary N) is 1. The summed E-state index contributed by atoms with van der Waals surface area (Å²) in [6.45, 7) is 0.183. The second-order valence-electron chi connectivity index (χ2n) is 2.96. The van der Waals surface area contributed by atoms with Gasteiger partial charge in [0.1, 0.15) is 12.4 Å². The summed E-state index contributed by atoms with van der Waals surface area (Å²) in [5.74, 6) is -0.384. The number of hydrogen-bond acceptors (Lipinski definition) is 2. The number of cyclic esters (lactones) is 1. The molecule has 0 spiro atoms. The van der Waals surface area contributed by atoms with Crippen LogP contribution in [0.5, 0.6) is 0 Å². The molecular formula is C9H8Cl2FNO2. The van der Waals surface area contributed by atoms with Gasteiger partial charge in [-0.3, -0.25) is 0 Å². The van der Waals surface area contributed by atoms with Crippen molar-refractivity contribution in [2.24, 2.45) is 0 Å². The Kier molecular flexibility index (Phi) is 3.77. The zero-order valence-corrected chi connectivity index (χ0v) is 9.07. The summed E-state index contributed by atoms with van der Waals surface area (Å²) in [7, 11) is 0. The van der Waals surface area contributed by atoms with Gasteiger partial charge in [-0.2, -0.15) is 0 Å². The normalized spacial score (nSPS) is 19.1. The molecule has 1 fully saturated rings. The average Bonchev–Trinajstić information content (AvgIpc) is 2.56. The number of alkyl carbamates (subject to hydrolysis) is 1. The maximum Gasteiger partial charge on any atom is 0.407 e. The lowest BCUT2D eigenvalue weighted by molar-refractivity contribution is 0.177. The Balaban J connectivity index is 0.00000112. The topological polar surface area (TPSA) is 38.3 Å². The molecule has 1 heterocycles. The van der Waals surface area contributed by atoms with E-state index < -0.39 is 6.09 Å². The van der Waals surface area contributed by atoms with Gasteiger partial charge < -0.3 is 10.1 Å². The summed E-state index contributed by atoms with van der Waals surface area (Å²) in [5, 5.41) is 2.94. The lowest BCUT2D eigenvalue weighted by Gasteiger charge is -2.09. The number of rotatable bonds is 1. The molecular weight excluding hydrogens is 244 g/mol. The molecule has 0 radical (unpaired) electrons. The highest BCUT2D eigenvalue weighted by atomic mass is 35.5. The highest BCUT2D eigenvalue weighted by molar-refractivity contribution is 6.31. The lowest BCUT2D eigenvalue weighted by atomic mass is 10.1. The van der Waals surface area contributed by atoms with Gasteiger partial charge in [-0.1, -0.05) is 11.6 Å². The van der Waals surface area contributed by atoms with E-state index in [1.54, 1.807) is 0 Å². The summed E-state index contributed by atoms with van der Waals surface area (Å²) in [6, 6.07) is 3.66. The van der Waals surface area contributed by atoms with Gasteiger partial charge in [-0.25, -0.2) is 9.18 Å². The monoisotopic (exact) mass is 251 g/mol. The fraction of sp³-hybridized carbons (Fsp3) is 0.222. The van der Waals surface area contributed by atoms with Crippen molar-refractivity contribution in [1.29, 1.82) is 0 Å². The van der Waals surface area contributed by atoms with E-state index in [2.05, 4.69) is 10.1 Å². The predicted molar refractivity (Wildman–Crippen MR) is 55.9 cm³/mol. The molecule has 0 unspecified atom stereocenters. The van der Waals surface area contributed by atoms with Gasteiger partial charge in [0, 0.05) is 5.02 Å². The fourth-order valence-electron chi connectivity index (χ4n) is 1.33. The van der Waals surface area contributed by atoms with E-state index in [1.807, 2.05) is 0 Å². The Morgan fingerprint density at radius 1 is 1.53 bits per heavy atom. The summed E-state index contributed by atoms with van der Waals surface area (Å²) in [5.41, 5.74) is 0.539. The van der Waals surface area contributed by atoms with Crippen LogP contribution in [0, 0.1) is 5.82 Å². The quantitative estimate of drug-likeness (QED) is 0.834. The molecule has 1 saturated heterocycles. The van der Waals surface area contributed by atoms with Crippen molar-refractivity contribution >= 4 is 30.1 Å². The average molecular weight is 252 g/mol. The fourth-order valence-corrected chi connectivity index (χ4v) is 1.58. The third-order valence-corrected chi connectivity index (χ3v) is 2.35. The molecule has 0 aromatic heterocycles. The minimum absolute atomic E-state index is 0. The molecule has 6 heteroatoms. The van der Waals surface area contributed by atoms with Crippen LogP contribution in [0.1, 0.15) is 11.6 Å². The Morgan fingerprint density at radius 2 is 2.27 bits per heavy atom. The van der Waals surface area contributed by atoms with Gasteiger partial charge in [0.05, 0.1) is 6.04 Å². The van der Waals surface area contributed by atoms with E-state index in [0.29, 0.717) is 10.6 Å². The predicted octanol–water partition coefficient (Wildman–Crippen LogP) is 2.68. The van der Waals surface area contributed by atoms with Crippen LogP contribution in [-0.2, 0) is 4.74 Å². The zero-order chi connectivity index (χ0) is 10.1. The summed E-state index contributed by atoms with van der Waals surface area (Å²) < 4.78 is 17.6. The molecule has 0 saturated carbocycles. The number of ether oxygens (including phenoxy) is 1. The van der Waals surface area contributed by atoms with Gasteiger partial charge >= 0.3 is 6.09 Å². The van der Waals surface area contributed by atoms with E-state index in [4.69, 9.17) is 11.6 Å². The number of halogens is 3. The second-order valence-corrected chi connectivity index (χ2v) is 3.37. The van der Waals surface area contributed by atoms with E-state index in [-0.39, 0.29) is 30.9 Å². The molecule has 82 valence electrons. The van der Waals surface area contributed by atoms with Crippen LogP contribution in [0.4, 0.5) is 9.18 Å². The molecule has 1 amide bonds. The molecule has 1 aromatic carbocycles. The van der Waals surface area contributed by atoms with Crippen molar-refractivity contribution in [2.45, 2.75) is 6.04 Å². The third kappa shape index (κ3) is 2.52. The molecule has 1 aliphatic rings. The van der Waals surface area contributed by atoms with Crippen LogP contribution in [0.25, 0.3) is 0 Å². The number of carbonyl (C=O) groups is 1. The van der Waals surface area contributed by atoms with Crippen molar-refractivity contribution in [2.75, 3.05) is 6.61 Å². The molecule has 1 aliphatic heterocycles. The van der Waals surface area contributed by atoms with Crippen LogP contribution < -0.4 is 5.32 Å².